The highest BCUT2D eigenvalue weighted by Gasteiger charge is 2.13. The van der Waals surface area contributed by atoms with Crippen LogP contribution in [0.4, 0.5) is 5.69 Å². The predicted molar refractivity (Wildman–Crippen MR) is 77.9 cm³/mol. The number of carbonyl (C=O) groups excluding carboxylic acids is 1. The first-order valence-corrected chi connectivity index (χ1v) is 6.63. The third-order valence-electron chi connectivity index (χ3n) is 3.27. The van der Waals surface area contributed by atoms with Gasteiger partial charge in [0.25, 0.3) is 5.69 Å². The van der Waals surface area contributed by atoms with Gasteiger partial charge in [-0.3, -0.25) is 14.9 Å². The molecule has 21 heavy (non-hydrogen) atoms. The fourth-order valence-electron chi connectivity index (χ4n) is 2.01. The van der Waals surface area contributed by atoms with E-state index in [0.717, 1.165) is 5.52 Å². The lowest BCUT2D eigenvalue weighted by molar-refractivity contribution is -0.384. The number of nitrogens with zero attached hydrogens (tertiary/aromatic N) is 1. The van der Waals surface area contributed by atoms with Crippen LogP contribution < -0.4 is 5.32 Å². The number of aromatic nitrogens is 1. The van der Waals surface area contributed by atoms with Crippen molar-refractivity contribution in [3.05, 3.63) is 40.1 Å². The zero-order chi connectivity index (χ0) is 15.4. The number of nitro benzene ring substituents is 1. The molecule has 3 N–H and O–H groups in total. The first-order chi connectivity index (χ1) is 10.0. The molecule has 0 aliphatic carbocycles. The van der Waals surface area contributed by atoms with Crippen molar-refractivity contribution in [2.45, 2.75) is 13.3 Å². The van der Waals surface area contributed by atoms with Crippen molar-refractivity contribution < 1.29 is 14.8 Å². The highest BCUT2D eigenvalue weighted by Crippen LogP contribution is 2.23. The van der Waals surface area contributed by atoms with Crippen LogP contribution in [0.15, 0.2) is 24.4 Å². The minimum absolute atomic E-state index is 0.00185. The highest BCUT2D eigenvalue weighted by molar-refractivity contribution is 5.90. The number of rotatable bonds is 6. The van der Waals surface area contributed by atoms with Gasteiger partial charge in [0.05, 0.1) is 11.3 Å². The maximum absolute atomic E-state index is 11.9. The van der Waals surface area contributed by atoms with E-state index in [0.29, 0.717) is 17.5 Å². The summed E-state index contributed by atoms with van der Waals surface area (Å²) < 4.78 is 0. The summed E-state index contributed by atoms with van der Waals surface area (Å²) in [5.41, 5.74) is 1.47. The number of hydrogen-bond donors (Lipinski definition) is 3. The topological polar surface area (TPSA) is 108 Å². The summed E-state index contributed by atoms with van der Waals surface area (Å²) in [5.74, 6) is -0.180. The lowest BCUT2D eigenvalue weighted by atomic mass is 10.1. The number of carbonyl (C=O) groups is 1. The quantitative estimate of drug-likeness (QED) is 0.551. The standard InChI is InChI=1S/C14H17N3O4/c1-9(8-18)6-16-14(19)4-10-7-15-13-3-2-11(17(20)21)5-12(10)13/h2-3,5,7,9,15,18H,4,6,8H2,1H3,(H,16,19). The molecule has 1 aromatic heterocycles. The van der Waals surface area contributed by atoms with Gasteiger partial charge in [-0.15, -0.1) is 0 Å². The average Bonchev–Trinajstić information content (AvgIpc) is 2.87. The van der Waals surface area contributed by atoms with E-state index in [4.69, 9.17) is 5.11 Å². The molecule has 112 valence electrons. The third kappa shape index (κ3) is 3.57. The van der Waals surface area contributed by atoms with Crippen molar-refractivity contribution in [2.75, 3.05) is 13.2 Å². The van der Waals surface area contributed by atoms with Gasteiger partial charge in [-0.2, -0.15) is 0 Å². The second-order valence-electron chi connectivity index (χ2n) is 5.07. The van der Waals surface area contributed by atoms with Crippen molar-refractivity contribution in [3.8, 4) is 0 Å². The number of non-ortho nitro benzene ring substituents is 1. The van der Waals surface area contributed by atoms with Crippen LogP contribution in [0.3, 0.4) is 0 Å². The van der Waals surface area contributed by atoms with Gasteiger partial charge in [0, 0.05) is 42.4 Å². The first-order valence-electron chi connectivity index (χ1n) is 6.63. The molecule has 1 atom stereocenters. The molecule has 1 unspecified atom stereocenters. The van der Waals surface area contributed by atoms with Crippen molar-refractivity contribution in [1.82, 2.24) is 10.3 Å². The number of fused-ring (bicyclic) bond motifs is 1. The van der Waals surface area contributed by atoms with Gasteiger partial charge in [-0.1, -0.05) is 6.92 Å². The number of aliphatic hydroxyl groups excluding tert-OH is 1. The SMILES string of the molecule is CC(CO)CNC(=O)Cc1c[nH]c2ccc([N+](=O)[O-])cc12. The smallest absolute Gasteiger partial charge is 0.270 e. The Kier molecular flexibility index (Phi) is 4.54. The molecule has 7 nitrogen and oxygen atoms in total. The highest BCUT2D eigenvalue weighted by atomic mass is 16.6. The van der Waals surface area contributed by atoms with Gasteiger partial charge in [0.2, 0.25) is 5.91 Å². The van der Waals surface area contributed by atoms with Crippen LogP contribution in [0.5, 0.6) is 0 Å². The van der Waals surface area contributed by atoms with Gasteiger partial charge in [-0.25, -0.2) is 0 Å². The van der Waals surface area contributed by atoms with Crippen molar-refractivity contribution in [3.63, 3.8) is 0 Å². The third-order valence-corrected chi connectivity index (χ3v) is 3.27. The van der Waals surface area contributed by atoms with Crippen LogP contribution in [0.25, 0.3) is 10.9 Å². The zero-order valence-electron chi connectivity index (χ0n) is 11.6. The van der Waals surface area contributed by atoms with Crippen molar-refractivity contribution in [1.29, 1.82) is 0 Å². The molecular formula is C14H17N3O4. The molecule has 7 heteroatoms. The molecule has 0 bridgehead atoms. The average molecular weight is 291 g/mol. The van der Waals surface area contributed by atoms with Crippen LogP contribution in [0.2, 0.25) is 0 Å². The first kappa shape index (κ1) is 15.0. The second-order valence-corrected chi connectivity index (χ2v) is 5.07. The predicted octanol–water partition coefficient (Wildman–Crippen LogP) is 1.36. The molecule has 1 aromatic carbocycles. The van der Waals surface area contributed by atoms with Gasteiger partial charge in [0.1, 0.15) is 0 Å². The number of aromatic amines is 1. The van der Waals surface area contributed by atoms with Crippen LogP contribution in [-0.4, -0.2) is 34.1 Å². The molecule has 2 aromatic rings. The fraction of sp³-hybridized carbons (Fsp3) is 0.357. The number of hydrogen-bond acceptors (Lipinski definition) is 4. The maximum atomic E-state index is 11.9. The van der Waals surface area contributed by atoms with E-state index in [1.54, 1.807) is 12.3 Å². The lowest BCUT2D eigenvalue weighted by Gasteiger charge is -2.09. The van der Waals surface area contributed by atoms with Gasteiger partial charge >= 0.3 is 0 Å². The largest absolute Gasteiger partial charge is 0.396 e. The van der Waals surface area contributed by atoms with Crippen LogP contribution >= 0.6 is 0 Å². The maximum Gasteiger partial charge on any atom is 0.270 e. The van der Waals surface area contributed by atoms with Crippen LogP contribution in [0, 0.1) is 16.0 Å². The van der Waals surface area contributed by atoms with E-state index >= 15 is 0 Å². The summed E-state index contributed by atoms with van der Waals surface area (Å²) in [7, 11) is 0. The Balaban J connectivity index is 2.13. The Labute approximate surface area is 121 Å². The van der Waals surface area contributed by atoms with E-state index < -0.39 is 4.92 Å². The molecule has 0 saturated heterocycles. The molecule has 0 aliphatic rings. The van der Waals surface area contributed by atoms with E-state index in [-0.39, 0.29) is 30.5 Å². The monoisotopic (exact) mass is 291 g/mol. The van der Waals surface area contributed by atoms with E-state index in [9.17, 15) is 14.9 Å². The van der Waals surface area contributed by atoms with Crippen LogP contribution in [0.1, 0.15) is 12.5 Å². The van der Waals surface area contributed by atoms with Gasteiger partial charge in [0.15, 0.2) is 0 Å². The van der Waals surface area contributed by atoms with E-state index in [1.165, 1.54) is 12.1 Å². The summed E-state index contributed by atoms with van der Waals surface area (Å²) in [6, 6.07) is 4.51. The Bertz CT molecular complexity index is 665. The van der Waals surface area contributed by atoms with Crippen molar-refractivity contribution >= 4 is 22.5 Å². The Hall–Kier alpha value is -2.41. The number of nitrogens with one attached hydrogen (secondary N) is 2. The minimum Gasteiger partial charge on any atom is -0.396 e. The van der Waals surface area contributed by atoms with Crippen LogP contribution in [-0.2, 0) is 11.2 Å². The Morgan fingerprint density at radius 1 is 1.52 bits per heavy atom. The van der Waals surface area contributed by atoms with E-state index in [2.05, 4.69) is 10.3 Å². The van der Waals surface area contributed by atoms with Gasteiger partial charge in [-0.05, 0) is 17.5 Å². The molecule has 0 spiro atoms. The summed E-state index contributed by atoms with van der Waals surface area (Å²) in [6.07, 6.45) is 1.82. The molecular weight excluding hydrogens is 274 g/mol. The molecule has 0 aliphatic heterocycles. The number of H-pyrrole nitrogens is 1. The Morgan fingerprint density at radius 2 is 2.29 bits per heavy atom. The molecule has 2 rings (SSSR count). The minimum atomic E-state index is -0.459. The molecule has 0 radical (unpaired) electrons. The number of benzene rings is 1. The second kappa shape index (κ2) is 6.36. The Morgan fingerprint density at radius 3 is 2.95 bits per heavy atom. The molecule has 1 heterocycles. The molecule has 1 amide bonds. The number of aliphatic hydroxyl groups is 1. The zero-order valence-corrected chi connectivity index (χ0v) is 11.6. The van der Waals surface area contributed by atoms with E-state index in [1.807, 2.05) is 6.92 Å². The molecule has 0 fully saturated rings. The summed E-state index contributed by atoms with van der Waals surface area (Å²) in [4.78, 5) is 25.2. The fourth-order valence-corrected chi connectivity index (χ4v) is 2.01. The lowest BCUT2D eigenvalue weighted by Crippen LogP contribution is -2.30. The van der Waals surface area contributed by atoms with Crippen molar-refractivity contribution in [2.24, 2.45) is 5.92 Å². The molecule has 0 saturated carbocycles. The number of amides is 1. The van der Waals surface area contributed by atoms with Gasteiger partial charge < -0.3 is 15.4 Å². The normalized spacial score (nSPS) is 12.3. The number of nitro groups is 1. The summed E-state index contributed by atoms with van der Waals surface area (Å²) in [5, 5.41) is 23.1. The summed E-state index contributed by atoms with van der Waals surface area (Å²) >= 11 is 0. The summed E-state index contributed by atoms with van der Waals surface area (Å²) in [6.45, 7) is 2.24.